The van der Waals surface area contributed by atoms with Crippen LogP contribution in [0.5, 0.6) is 0 Å². The highest BCUT2D eigenvalue weighted by molar-refractivity contribution is 5.73. The molecular weight excluding hydrogens is 207 g/mol. The Bertz CT molecular complexity index is 360. The van der Waals surface area contributed by atoms with Crippen LogP contribution in [-0.4, -0.2) is 19.0 Å². The van der Waals surface area contributed by atoms with Gasteiger partial charge in [-0.2, -0.15) is 0 Å². The summed E-state index contributed by atoms with van der Waals surface area (Å²) < 4.78 is 12.6. The number of hydrogen-bond donors (Lipinski definition) is 2. The predicted octanol–water partition coefficient (Wildman–Crippen LogP) is 1.30. The van der Waals surface area contributed by atoms with Crippen molar-refractivity contribution in [3.8, 4) is 0 Å². The predicted molar refractivity (Wildman–Crippen MR) is 62.1 cm³/mol. The summed E-state index contributed by atoms with van der Waals surface area (Å²) in [5.41, 5.74) is 5.92. The van der Waals surface area contributed by atoms with Crippen LogP contribution in [-0.2, 0) is 4.79 Å². The fourth-order valence-corrected chi connectivity index (χ4v) is 1.17. The summed E-state index contributed by atoms with van der Waals surface area (Å²) in [6.07, 6.45) is 4.13. The largest absolute Gasteiger partial charge is 0.370 e. The third-order valence-electron chi connectivity index (χ3n) is 1.99. The smallest absolute Gasteiger partial charge is 0.218 e. The fraction of sp³-hybridized carbons (Fsp3) is 0.250. The number of benzene rings is 1. The summed E-state index contributed by atoms with van der Waals surface area (Å²) in [5, 5.41) is 3.04. The number of hydrogen-bond acceptors (Lipinski definition) is 2. The molecule has 0 saturated heterocycles. The minimum atomic E-state index is -0.310. The summed E-state index contributed by atoms with van der Waals surface area (Å²) in [6, 6.07) is 6.24. The number of carbonyl (C=O) groups excluding carboxylic acids is 1. The molecule has 0 saturated carbocycles. The van der Waals surface area contributed by atoms with Crippen LogP contribution in [0, 0.1) is 5.82 Å². The van der Waals surface area contributed by atoms with Crippen molar-refractivity contribution >= 4 is 12.0 Å². The minimum Gasteiger partial charge on any atom is -0.370 e. The molecule has 0 aliphatic carbocycles. The number of nitrogens with one attached hydrogen (secondary N) is 1. The standard InChI is InChI=1S/C12H15FN2O/c13-11-5-3-10(4-6-11)2-1-8-15-9-7-12(14)16/h1-6,15H,7-9H2,(H2,14,16)/b2-1+. The maximum absolute atomic E-state index is 12.6. The summed E-state index contributed by atoms with van der Waals surface area (Å²) in [7, 11) is 0. The van der Waals surface area contributed by atoms with Crippen LogP contribution in [0.1, 0.15) is 12.0 Å². The first-order valence-electron chi connectivity index (χ1n) is 5.09. The number of nitrogens with two attached hydrogens (primary N) is 1. The molecular formula is C12H15FN2O. The summed E-state index contributed by atoms with van der Waals surface area (Å²) in [4.78, 5) is 10.4. The van der Waals surface area contributed by atoms with Gasteiger partial charge in [0.15, 0.2) is 0 Å². The summed E-state index contributed by atoms with van der Waals surface area (Å²) in [6.45, 7) is 1.23. The van der Waals surface area contributed by atoms with Crippen LogP contribution in [0.25, 0.3) is 6.08 Å². The number of rotatable bonds is 6. The van der Waals surface area contributed by atoms with E-state index < -0.39 is 0 Å². The molecule has 0 unspecified atom stereocenters. The van der Waals surface area contributed by atoms with Gasteiger partial charge in [0, 0.05) is 19.5 Å². The SMILES string of the molecule is NC(=O)CCNC/C=C/c1ccc(F)cc1. The van der Waals surface area contributed by atoms with Gasteiger partial charge in [-0.3, -0.25) is 4.79 Å². The van der Waals surface area contributed by atoms with Gasteiger partial charge < -0.3 is 11.1 Å². The van der Waals surface area contributed by atoms with Gasteiger partial charge in [-0.25, -0.2) is 4.39 Å². The monoisotopic (exact) mass is 222 g/mol. The molecule has 86 valence electrons. The Balaban J connectivity index is 2.22. The Hall–Kier alpha value is -1.68. The maximum Gasteiger partial charge on any atom is 0.218 e. The van der Waals surface area contributed by atoms with Crippen molar-refractivity contribution in [2.45, 2.75) is 6.42 Å². The van der Waals surface area contributed by atoms with Gasteiger partial charge in [0.2, 0.25) is 5.91 Å². The van der Waals surface area contributed by atoms with Crippen molar-refractivity contribution in [2.24, 2.45) is 5.73 Å². The van der Waals surface area contributed by atoms with Crippen molar-refractivity contribution in [2.75, 3.05) is 13.1 Å². The average Bonchev–Trinajstić information content (AvgIpc) is 2.25. The first-order valence-corrected chi connectivity index (χ1v) is 5.09. The normalized spacial score (nSPS) is 10.8. The zero-order chi connectivity index (χ0) is 11.8. The fourth-order valence-electron chi connectivity index (χ4n) is 1.17. The Labute approximate surface area is 94.1 Å². The molecule has 3 N–H and O–H groups in total. The van der Waals surface area contributed by atoms with E-state index in [0.29, 0.717) is 19.5 Å². The lowest BCUT2D eigenvalue weighted by molar-refractivity contribution is -0.117. The van der Waals surface area contributed by atoms with E-state index in [9.17, 15) is 9.18 Å². The van der Waals surface area contributed by atoms with E-state index in [0.717, 1.165) is 5.56 Å². The molecule has 0 heterocycles. The van der Waals surface area contributed by atoms with Crippen molar-refractivity contribution in [3.05, 3.63) is 41.7 Å². The number of primary amides is 1. The lowest BCUT2D eigenvalue weighted by Gasteiger charge is -1.98. The second-order valence-corrected chi connectivity index (χ2v) is 3.37. The van der Waals surface area contributed by atoms with E-state index in [-0.39, 0.29) is 11.7 Å². The highest BCUT2D eigenvalue weighted by atomic mass is 19.1. The molecule has 0 radical (unpaired) electrons. The molecule has 1 aromatic carbocycles. The van der Waals surface area contributed by atoms with Gasteiger partial charge in [-0.05, 0) is 17.7 Å². The third-order valence-corrected chi connectivity index (χ3v) is 1.99. The van der Waals surface area contributed by atoms with Crippen LogP contribution in [0.2, 0.25) is 0 Å². The van der Waals surface area contributed by atoms with Gasteiger partial charge in [-0.1, -0.05) is 24.3 Å². The molecule has 0 fully saturated rings. The molecule has 0 aromatic heterocycles. The van der Waals surface area contributed by atoms with E-state index in [4.69, 9.17) is 5.73 Å². The zero-order valence-corrected chi connectivity index (χ0v) is 8.95. The van der Waals surface area contributed by atoms with Crippen molar-refractivity contribution in [1.82, 2.24) is 5.32 Å². The summed E-state index contributed by atoms with van der Waals surface area (Å²) >= 11 is 0. The highest BCUT2D eigenvalue weighted by Gasteiger charge is 1.91. The van der Waals surface area contributed by atoms with Crippen molar-refractivity contribution in [3.63, 3.8) is 0 Å². The van der Waals surface area contributed by atoms with Gasteiger partial charge in [0.25, 0.3) is 0 Å². The van der Waals surface area contributed by atoms with E-state index in [1.165, 1.54) is 12.1 Å². The van der Waals surface area contributed by atoms with Crippen molar-refractivity contribution in [1.29, 1.82) is 0 Å². The second kappa shape index (κ2) is 6.74. The number of carbonyl (C=O) groups is 1. The van der Waals surface area contributed by atoms with Gasteiger partial charge in [0.05, 0.1) is 0 Å². The first-order chi connectivity index (χ1) is 7.68. The third kappa shape index (κ3) is 5.26. The Morgan fingerprint density at radius 1 is 1.38 bits per heavy atom. The highest BCUT2D eigenvalue weighted by Crippen LogP contribution is 2.03. The molecule has 0 aliphatic heterocycles. The zero-order valence-electron chi connectivity index (χ0n) is 8.95. The lowest BCUT2D eigenvalue weighted by atomic mass is 10.2. The van der Waals surface area contributed by atoms with Crippen molar-refractivity contribution < 1.29 is 9.18 Å². The van der Waals surface area contributed by atoms with Crippen LogP contribution in [0.4, 0.5) is 4.39 Å². The quantitative estimate of drug-likeness (QED) is 0.713. The van der Waals surface area contributed by atoms with E-state index in [1.54, 1.807) is 12.1 Å². The molecule has 4 heteroatoms. The number of amides is 1. The molecule has 1 rings (SSSR count). The number of halogens is 1. The lowest BCUT2D eigenvalue weighted by Crippen LogP contribution is -2.21. The van der Waals surface area contributed by atoms with Gasteiger partial charge in [0.1, 0.15) is 5.82 Å². The topological polar surface area (TPSA) is 55.1 Å². The van der Waals surface area contributed by atoms with E-state index in [1.807, 2.05) is 12.2 Å². The molecule has 1 amide bonds. The average molecular weight is 222 g/mol. The maximum atomic E-state index is 12.6. The molecule has 0 spiro atoms. The molecule has 3 nitrogen and oxygen atoms in total. The molecule has 1 aromatic rings. The van der Waals surface area contributed by atoms with E-state index in [2.05, 4.69) is 5.32 Å². The van der Waals surface area contributed by atoms with Crippen LogP contribution in [0.15, 0.2) is 30.3 Å². The molecule has 0 atom stereocenters. The Kier molecular flexibility index (Phi) is 5.22. The summed E-state index contributed by atoms with van der Waals surface area (Å²) in [5.74, 6) is -0.549. The van der Waals surface area contributed by atoms with Gasteiger partial charge >= 0.3 is 0 Å². The second-order valence-electron chi connectivity index (χ2n) is 3.37. The van der Waals surface area contributed by atoms with Gasteiger partial charge in [-0.15, -0.1) is 0 Å². The van der Waals surface area contributed by atoms with Crippen LogP contribution >= 0.6 is 0 Å². The van der Waals surface area contributed by atoms with Crippen LogP contribution in [0.3, 0.4) is 0 Å². The first kappa shape index (κ1) is 12.4. The van der Waals surface area contributed by atoms with Crippen LogP contribution < -0.4 is 11.1 Å². The molecule has 0 aliphatic rings. The Morgan fingerprint density at radius 2 is 2.06 bits per heavy atom. The molecule has 0 bridgehead atoms. The Morgan fingerprint density at radius 3 is 2.69 bits per heavy atom. The molecule has 16 heavy (non-hydrogen) atoms. The van der Waals surface area contributed by atoms with E-state index >= 15 is 0 Å². The minimum absolute atomic E-state index is 0.239.